The molecule has 0 bridgehead atoms. The van der Waals surface area contributed by atoms with Crippen molar-refractivity contribution in [2.24, 2.45) is 0 Å². The number of hydrogen-bond donors (Lipinski definition) is 0. The predicted molar refractivity (Wildman–Crippen MR) is 331 cm³/mol. The molecule has 0 N–H and O–H groups in total. The highest BCUT2D eigenvalue weighted by molar-refractivity contribution is 6.09. The van der Waals surface area contributed by atoms with E-state index in [1.807, 2.05) is 6.20 Å². The quantitative estimate of drug-likeness (QED) is 0.127. The summed E-state index contributed by atoms with van der Waals surface area (Å²) in [5, 5.41) is 2.32. The number of benzene rings is 8. The zero-order chi connectivity index (χ0) is 55.7. The first-order valence-electron chi connectivity index (χ1n) is 28.2. The molecule has 1 aliphatic rings. The lowest BCUT2D eigenvalue weighted by atomic mass is 9.77. The number of fused-ring (bicyclic) bond motifs is 10. The van der Waals surface area contributed by atoms with Gasteiger partial charge < -0.3 is 4.74 Å². The van der Waals surface area contributed by atoms with E-state index in [2.05, 4.69) is 294 Å². The Hall–Kier alpha value is -8.02. The van der Waals surface area contributed by atoms with Crippen LogP contribution in [0.1, 0.15) is 132 Å². The van der Waals surface area contributed by atoms with Crippen molar-refractivity contribution >= 4 is 32.8 Å². The molecule has 5 nitrogen and oxygen atoms in total. The Kier molecular flexibility index (Phi) is 12.0. The minimum Gasteiger partial charge on any atom is -0.458 e. The fourth-order valence-electron chi connectivity index (χ4n) is 11.6. The van der Waals surface area contributed by atoms with Crippen molar-refractivity contribution in [1.82, 2.24) is 14.1 Å². The maximum atomic E-state index is 7.00. The van der Waals surface area contributed by atoms with Crippen LogP contribution in [-0.2, 0) is 27.1 Å². The van der Waals surface area contributed by atoms with Gasteiger partial charge in [-0.3, -0.25) is 13.7 Å². The van der Waals surface area contributed by atoms with Crippen LogP contribution in [0, 0.1) is 6.33 Å². The molecule has 0 saturated carbocycles. The molecular weight excluding hydrogens is 961 g/mol. The first-order chi connectivity index (χ1) is 37.3. The molecule has 0 unspecified atom stereocenters. The fraction of sp³-hybridized carbons (Fsp3) is 0.270. The number of aromatic nitrogens is 4. The van der Waals surface area contributed by atoms with Crippen molar-refractivity contribution < 1.29 is 9.30 Å². The van der Waals surface area contributed by atoms with Gasteiger partial charge in [-0.1, -0.05) is 213 Å². The number of nitrogens with zero attached hydrogens (tertiary/aromatic N) is 4. The number of imidazole rings is 1. The van der Waals surface area contributed by atoms with Crippen LogP contribution in [0.2, 0.25) is 0 Å². The number of pyridine rings is 1. The summed E-state index contributed by atoms with van der Waals surface area (Å²) in [5.41, 5.74) is 21.7. The lowest BCUT2D eigenvalue weighted by Crippen LogP contribution is -2.32. The van der Waals surface area contributed by atoms with Crippen LogP contribution >= 0.6 is 0 Å². The molecule has 1 aliphatic heterocycles. The molecule has 0 radical (unpaired) electrons. The van der Waals surface area contributed by atoms with Crippen LogP contribution in [0.25, 0.3) is 94.5 Å². The van der Waals surface area contributed by atoms with Crippen LogP contribution in [0.4, 0.5) is 0 Å². The van der Waals surface area contributed by atoms with Crippen LogP contribution < -0.4 is 9.30 Å². The number of ether oxygens (including phenoxy) is 1. The van der Waals surface area contributed by atoms with Gasteiger partial charge in [-0.25, -0.2) is 4.98 Å². The zero-order valence-corrected chi connectivity index (χ0v) is 48.9. The highest BCUT2D eigenvalue weighted by Gasteiger charge is 2.32. The van der Waals surface area contributed by atoms with E-state index >= 15 is 0 Å². The average Bonchev–Trinajstić information content (AvgIpc) is 4.15. The maximum absolute atomic E-state index is 7.00. The summed E-state index contributed by atoms with van der Waals surface area (Å²) in [5.74, 6) is 2.36. The second-order valence-electron chi connectivity index (χ2n) is 27.3. The Balaban J connectivity index is 1.13. The molecule has 0 fully saturated rings. The summed E-state index contributed by atoms with van der Waals surface area (Å²) in [7, 11) is 0. The monoisotopic (exact) mass is 1030 g/mol. The normalized spacial score (nSPS) is 13.0. The third kappa shape index (κ3) is 9.15. The van der Waals surface area contributed by atoms with E-state index in [4.69, 9.17) is 9.72 Å². The minimum absolute atomic E-state index is 0.0333. The third-order valence-electron chi connectivity index (χ3n) is 16.3. The Labute approximate surface area is 468 Å². The van der Waals surface area contributed by atoms with Crippen molar-refractivity contribution in [2.75, 3.05) is 0 Å². The highest BCUT2D eigenvalue weighted by atomic mass is 16.5. The van der Waals surface area contributed by atoms with Crippen LogP contribution in [0.15, 0.2) is 176 Å². The zero-order valence-electron chi connectivity index (χ0n) is 48.9. The topological polar surface area (TPSA) is 35.9 Å². The van der Waals surface area contributed by atoms with Gasteiger partial charge in [0.1, 0.15) is 17.3 Å². The van der Waals surface area contributed by atoms with Crippen LogP contribution in [0.5, 0.6) is 11.5 Å². The lowest BCUT2D eigenvalue weighted by Gasteiger charge is -2.29. The van der Waals surface area contributed by atoms with Gasteiger partial charge in [-0.15, -0.1) is 0 Å². The first kappa shape index (κ1) is 51.7. The van der Waals surface area contributed by atoms with E-state index in [-0.39, 0.29) is 27.1 Å². The summed E-state index contributed by atoms with van der Waals surface area (Å²) in [4.78, 5) is 4.95. The smallest absolute Gasteiger partial charge is 0.269 e. The predicted octanol–water partition coefficient (Wildman–Crippen LogP) is 19.5. The molecule has 8 aromatic carbocycles. The average molecular weight is 1040 g/mol. The largest absolute Gasteiger partial charge is 0.458 e. The molecule has 4 heterocycles. The molecule has 0 saturated heterocycles. The van der Waals surface area contributed by atoms with E-state index < -0.39 is 0 Å². The second-order valence-corrected chi connectivity index (χ2v) is 27.3. The third-order valence-corrected chi connectivity index (χ3v) is 16.3. The van der Waals surface area contributed by atoms with Crippen molar-refractivity contribution in [3.8, 4) is 73.2 Å². The summed E-state index contributed by atoms with van der Waals surface area (Å²) < 4.78 is 14.0. The van der Waals surface area contributed by atoms with Gasteiger partial charge in [0.2, 0.25) is 0 Å². The number of hydrogen-bond acceptors (Lipinski definition) is 2. The van der Waals surface area contributed by atoms with Gasteiger partial charge in [-0.05, 0) is 154 Å². The number of para-hydroxylation sites is 1. The van der Waals surface area contributed by atoms with Crippen molar-refractivity contribution in [3.63, 3.8) is 0 Å². The second kappa shape index (κ2) is 18.3. The number of rotatable bonds is 5. The maximum Gasteiger partial charge on any atom is 0.269 e. The molecule has 0 spiro atoms. The molecule has 5 heteroatoms. The summed E-state index contributed by atoms with van der Waals surface area (Å²) in [6, 6.07) is 63.1. The molecule has 79 heavy (non-hydrogen) atoms. The van der Waals surface area contributed by atoms with Gasteiger partial charge in [0.05, 0.1) is 33.4 Å². The van der Waals surface area contributed by atoms with E-state index in [1.54, 1.807) is 0 Å². The van der Waals surface area contributed by atoms with E-state index in [9.17, 15) is 0 Å². The Bertz CT molecular complexity index is 4210. The summed E-state index contributed by atoms with van der Waals surface area (Å²) >= 11 is 0. The van der Waals surface area contributed by atoms with Crippen LogP contribution in [-0.4, -0.2) is 14.1 Å². The molecule has 396 valence electrons. The highest BCUT2D eigenvalue weighted by Crippen LogP contribution is 2.49. The van der Waals surface area contributed by atoms with Gasteiger partial charge in [0.25, 0.3) is 6.33 Å². The molecular formula is C74H74N4O. The Morgan fingerprint density at radius 3 is 1.54 bits per heavy atom. The summed E-state index contributed by atoms with van der Waals surface area (Å²) in [6.07, 6.45) is 6.07. The minimum atomic E-state index is -0.174. The fourth-order valence-corrected chi connectivity index (χ4v) is 11.6. The van der Waals surface area contributed by atoms with Gasteiger partial charge in [0.15, 0.2) is 0 Å². The molecule has 12 rings (SSSR count). The van der Waals surface area contributed by atoms with Crippen LogP contribution in [0.3, 0.4) is 0 Å². The lowest BCUT2D eigenvalue weighted by molar-refractivity contribution is -0.570. The van der Waals surface area contributed by atoms with Crippen molar-refractivity contribution in [1.29, 1.82) is 0 Å². The molecule has 11 aromatic rings. The summed E-state index contributed by atoms with van der Waals surface area (Å²) in [6.45, 7) is 34.7. The van der Waals surface area contributed by atoms with Crippen molar-refractivity contribution in [3.05, 3.63) is 210 Å². The molecule has 0 atom stereocenters. The van der Waals surface area contributed by atoms with E-state index in [0.717, 1.165) is 56.1 Å². The SMILES string of the molecule is CC(C)(C)c1cc(-c2cc(C(C)(C)C)cc3c2-[n+]2[c-]n(-c4cccc(Oc5ccc6c7ccccc7n(-c7cc(C(C)(C)C)ccn7)c6c5)c4)c4cc(C(C)(C)C)cc(c42)-c2ccccc2-c2ccccc2-3)cc(C(C)(C)C)c1. The van der Waals surface area contributed by atoms with Gasteiger partial charge in [-0.2, -0.15) is 0 Å². The first-order valence-corrected chi connectivity index (χ1v) is 28.2. The van der Waals surface area contributed by atoms with Crippen molar-refractivity contribution in [2.45, 2.75) is 131 Å². The molecule has 3 aromatic heterocycles. The molecule has 0 aliphatic carbocycles. The Morgan fingerprint density at radius 1 is 0.392 bits per heavy atom. The van der Waals surface area contributed by atoms with Gasteiger partial charge >= 0.3 is 0 Å². The molecule has 0 amide bonds. The standard InChI is InChI=1S/C74H74N4O/c1-70(2,3)47-33-34-75-67(42-47)78-64-30-21-20-29-59(64)60-32-31-54(44-65(60)78)79-53-24-22-23-52(43-53)76-45-77-68-61(46-35-48(71(4,5)6)37-49(36-46)72(7,8)9)38-50(73(10,11)12)39-62(68)57-27-18-16-25-55(57)56-26-17-19-28-58(56)63-40-51(74(13,14)15)41-66(76)69(63)77/h16-44H,1-15H3. The van der Waals surface area contributed by atoms with E-state index in [0.29, 0.717) is 0 Å². The Morgan fingerprint density at radius 2 is 0.911 bits per heavy atom. The van der Waals surface area contributed by atoms with E-state index in [1.165, 1.54) is 77.7 Å². The van der Waals surface area contributed by atoms with Gasteiger partial charge in [0, 0.05) is 23.0 Å².